The number of carbonyl (C=O) groups excluding carboxylic acids is 1. The number of hydrogen-bond acceptors (Lipinski definition) is 5. The summed E-state index contributed by atoms with van der Waals surface area (Å²) in [6, 6.07) is 4.55. The van der Waals surface area contributed by atoms with Crippen LogP contribution in [0.5, 0.6) is 0 Å². The highest BCUT2D eigenvalue weighted by atomic mass is 32.2. The lowest BCUT2D eigenvalue weighted by atomic mass is 10.1. The molecule has 0 heterocycles. The van der Waals surface area contributed by atoms with Gasteiger partial charge in [-0.3, -0.25) is 4.79 Å². The van der Waals surface area contributed by atoms with Gasteiger partial charge in [0.1, 0.15) is 0 Å². The van der Waals surface area contributed by atoms with Gasteiger partial charge in [-0.1, -0.05) is 6.92 Å². The first-order valence-electron chi connectivity index (χ1n) is 5.76. The van der Waals surface area contributed by atoms with Crippen LogP contribution in [-0.2, 0) is 10.0 Å². The number of nitrogen functional groups attached to an aromatic ring is 1. The first kappa shape index (κ1) is 15.3. The Bertz CT molecular complexity index is 557. The van der Waals surface area contributed by atoms with Crippen LogP contribution in [0.1, 0.15) is 17.3 Å². The van der Waals surface area contributed by atoms with E-state index in [1.165, 1.54) is 12.1 Å². The number of benzene rings is 1. The van der Waals surface area contributed by atoms with Crippen LogP contribution in [-0.4, -0.2) is 33.2 Å². The summed E-state index contributed by atoms with van der Waals surface area (Å²) < 4.78 is 25.2. The smallest absolute Gasteiger partial charge is 0.248 e. The van der Waals surface area contributed by atoms with Gasteiger partial charge < -0.3 is 16.8 Å². The number of rotatable bonds is 7. The van der Waals surface area contributed by atoms with Gasteiger partial charge in [-0.05, 0) is 18.2 Å². The van der Waals surface area contributed by atoms with E-state index in [-0.39, 0.29) is 12.3 Å². The van der Waals surface area contributed by atoms with Crippen molar-refractivity contribution in [3.05, 3.63) is 23.8 Å². The Labute approximate surface area is 112 Å². The predicted octanol–water partition coefficient (Wildman–Crippen LogP) is -0.281. The SMILES string of the molecule is CCNS(=O)(=O)CCNc1cc(C(N)=O)ccc1N. The van der Waals surface area contributed by atoms with Crippen molar-refractivity contribution in [2.45, 2.75) is 6.92 Å². The van der Waals surface area contributed by atoms with Gasteiger partial charge in [0, 0.05) is 18.7 Å². The number of amides is 1. The van der Waals surface area contributed by atoms with E-state index in [9.17, 15) is 13.2 Å². The molecule has 0 saturated carbocycles. The van der Waals surface area contributed by atoms with Gasteiger partial charge in [0.15, 0.2) is 0 Å². The Morgan fingerprint density at radius 2 is 2.05 bits per heavy atom. The minimum Gasteiger partial charge on any atom is -0.397 e. The average Bonchev–Trinajstić information content (AvgIpc) is 2.30. The summed E-state index contributed by atoms with van der Waals surface area (Å²) in [5, 5.41) is 2.87. The van der Waals surface area contributed by atoms with Crippen molar-refractivity contribution in [1.29, 1.82) is 0 Å². The second-order valence-electron chi connectivity index (χ2n) is 3.91. The molecule has 7 nitrogen and oxygen atoms in total. The van der Waals surface area contributed by atoms with Crippen LogP contribution in [0, 0.1) is 0 Å². The third-order valence-corrected chi connectivity index (χ3v) is 3.86. The van der Waals surface area contributed by atoms with E-state index in [1.54, 1.807) is 13.0 Å². The predicted molar refractivity (Wildman–Crippen MR) is 75.3 cm³/mol. The van der Waals surface area contributed by atoms with E-state index in [0.29, 0.717) is 23.5 Å². The molecule has 0 bridgehead atoms. The molecule has 1 aromatic carbocycles. The fraction of sp³-hybridized carbons (Fsp3) is 0.364. The van der Waals surface area contributed by atoms with Gasteiger partial charge in [-0.2, -0.15) is 0 Å². The molecule has 8 heteroatoms. The third-order valence-electron chi connectivity index (χ3n) is 2.39. The van der Waals surface area contributed by atoms with E-state index in [2.05, 4.69) is 10.0 Å². The summed E-state index contributed by atoms with van der Waals surface area (Å²) in [5.74, 6) is -0.649. The molecule has 19 heavy (non-hydrogen) atoms. The number of nitrogens with one attached hydrogen (secondary N) is 2. The van der Waals surface area contributed by atoms with Crippen LogP contribution in [0.15, 0.2) is 18.2 Å². The van der Waals surface area contributed by atoms with Crippen LogP contribution >= 0.6 is 0 Å². The van der Waals surface area contributed by atoms with Crippen LogP contribution in [0.25, 0.3) is 0 Å². The van der Waals surface area contributed by atoms with Crippen molar-refractivity contribution < 1.29 is 13.2 Å². The number of anilines is 2. The summed E-state index contributed by atoms with van der Waals surface area (Å²) >= 11 is 0. The second-order valence-corrected chi connectivity index (χ2v) is 5.84. The molecule has 0 aromatic heterocycles. The van der Waals surface area contributed by atoms with Crippen molar-refractivity contribution in [3.63, 3.8) is 0 Å². The summed E-state index contributed by atoms with van der Waals surface area (Å²) in [6.45, 7) is 2.24. The molecule has 0 saturated heterocycles. The molecule has 0 aliphatic heterocycles. The van der Waals surface area contributed by atoms with Crippen molar-refractivity contribution >= 4 is 27.3 Å². The highest BCUT2D eigenvalue weighted by molar-refractivity contribution is 7.89. The van der Waals surface area contributed by atoms with E-state index in [0.717, 1.165) is 0 Å². The molecule has 1 amide bonds. The highest BCUT2D eigenvalue weighted by Gasteiger charge is 2.09. The van der Waals surface area contributed by atoms with E-state index in [1.807, 2.05) is 0 Å². The fourth-order valence-electron chi connectivity index (χ4n) is 1.47. The molecule has 0 spiro atoms. The average molecular weight is 286 g/mol. The van der Waals surface area contributed by atoms with Crippen molar-refractivity contribution in [1.82, 2.24) is 4.72 Å². The largest absolute Gasteiger partial charge is 0.397 e. The molecular weight excluding hydrogens is 268 g/mol. The van der Waals surface area contributed by atoms with E-state index in [4.69, 9.17) is 11.5 Å². The van der Waals surface area contributed by atoms with Gasteiger partial charge in [0.25, 0.3) is 0 Å². The minimum absolute atomic E-state index is 0.0823. The Morgan fingerprint density at radius 3 is 2.63 bits per heavy atom. The topological polar surface area (TPSA) is 127 Å². The zero-order chi connectivity index (χ0) is 14.5. The first-order chi connectivity index (χ1) is 8.85. The lowest BCUT2D eigenvalue weighted by molar-refractivity contribution is 0.100. The van der Waals surface area contributed by atoms with Gasteiger partial charge in [0.05, 0.1) is 17.1 Å². The van der Waals surface area contributed by atoms with Gasteiger partial charge in [0.2, 0.25) is 15.9 Å². The monoisotopic (exact) mass is 286 g/mol. The maximum absolute atomic E-state index is 11.4. The number of hydrogen-bond donors (Lipinski definition) is 4. The quantitative estimate of drug-likeness (QED) is 0.513. The lowest BCUT2D eigenvalue weighted by Crippen LogP contribution is -2.29. The third kappa shape index (κ3) is 4.76. The molecule has 0 aliphatic rings. The van der Waals surface area contributed by atoms with E-state index < -0.39 is 15.9 Å². The first-order valence-corrected chi connectivity index (χ1v) is 7.41. The van der Waals surface area contributed by atoms with Gasteiger partial charge in [-0.25, -0.2) is 13.1 Å². The molecule has 1 aromatic rings. The van der Waals surface area contributed by atoms with Crippen molar-refractivity contribution in [3.8, 4) is 0 Å². The van der Waals surface area contributed by atoms with Crippen LogP contribution in [0.2, 0.25) is 0 Å². The Morgan fingerprint density at radius 1 is 1.37 bits per heavy atom. The van der Waals surface area contributed by atoms with E-state index >= 15 is 0 Å². The lowest BCUT2D eigenvalue weighted by Gasteiger charge is -2.10. The molecule has 6 N–H and O–H groups in total. The highest BCUT2D eigenvalue weighted by Crippen LogP contribution is 2.19. The Kier molecular flexibility index (Phi) is 5.13. The zero-order valence-corrected chi connectivity index (χ0v) is 11.5. The van der Waals surface area contributed by atoms with Crippen LogP contribution in [0.4, 0.5) is 11.4 Å². The number of nitrogens with two attached hydrogens (primary N) is 2. The molecular formula is C11H18N4O3S. The Balaban J connectivity index is 2.68. The molecule has 0 radical (unpaired) electrons. The normalized spacial score (nSPS) is 11.2. The van der Waals surface area contributed by atoms with Crippen molar-refractivity contribution in [2.75, 3.05) is 29.9 Å². The Hall–Kier alpha value is -1.80. The summed E-state index contributed by atoms with van der Waals surface area (Å²) in [6.07, 6.45) is 0. The zero-order valence-electron chi connectivity index (χ0n) is 10.6. The summed E-state index contributed by atoms with van der Waals surface area (Å²) in [5.41, 5.74) is 12.1. The number of primary amides is 1. The standard InChI is InChI=1S/C11H18N4O3S/c1-2-15-19(17,18)6-5-14-10-7-8(11(13)16)3-4-9(10)12/h3-4,7,14-15H,2,5-6,12H2,1H3,(H2,13,16). The molecule has 106 valence electrons. The number of carbonyl (C=O) groups is 1. The second kappa shape index (κ2) is 6.39. The fourth-order valence-corrected chi connectivity index (χ4v) is 2.43. The minimum atomic E-state index is -3.29. The molecule has 1 rings (SSSR count). The molecule has 0 fully saturated rings. The van der Waals surface area contributed by atoms with Crippen LogP contribution in [0.3, 0.4) is 0 Å². The molecule has 0 unspecified atom stereocenters. The van der Waals surface area contributed by atoms with Crippen molar-refractivity contribution in [2.24, 2.45) is 5.73 Å². The summed E-state index contributed by atoms with van der Waals surface area (Å²) in [4.78, 5) is 11.0. The number of sulfonamides is 1. The van der Waals surface area contributed by atoms with Crippen LogP contribution < -0.4 is 21.5 Å². The summed E-state index contributed by atoms with van der Waals surface area (Å²) in [7, 11) is -3.29. The maximum Gasteiger partial charge on any atom is 0.248 e. The van der Waals surface area contributed by atoms with Gasteiger partial charge in [-0.15, -0.1) is 0 Å². The molecule has 0 aliphatic carbocycles. The van der Waals surface area contributed by atoms with Gasteiger partial charge >= 0.3 is 0 Å². The molecule has 0 atom stereocenters. The maximum atomic E-state index is 11.4.